The van der Waals surface area contributed by atoms with Gasteiger partial charge in [-0.25, -0.2) is 0 Å². The van der Waals surface area contributed by atoms with Crippen LogP contribution < -0.4 is 5.32 Å². The number of amides is 2. The summed E-state index contributed by atoms with van der Waals surface area (Å²) in [5.74, 6) is 0.0558. The lowest BCUT2D eigenvalue weighted by Crippen LogP contribution is -2.71. The highest BCUT2D eigenvalue weighted by atomic mass is 16.2. The number of carbonyl (C=O) groups excluding carboxylic acids is 2. The van der Waals surface area contributed by atoms with Crippen LogP contribution in [0, 0.1) is 5.41 Å². The highest BCUT2D eigenvalue weighted by Crippen LogP contribution is 2.38. The van der Waals surface area contributed by atoms with Crippen molar-refractivity contribution in [2.45, 2.75) is 58.0 Å². The second-order valence-corrected chi connectivity index (χ2v) is 6.79. The van der Waals surface area contributed by atoms with Crippen molar-refractivity contribution in [3.8, 4) is 0 Å². The largest absolute Gasteiger partial charge is 0.340 e. The molecule has 1 unspecified atom stereocenters. The van der Waals surface area contributed by atoms with Crippen LogP contribution in [0.2, 0.25) is 0 Å². The van der Waals surface area contributed by atoms with E-state index in [0.717, 1.165) is 25.7 Å². The Morgan fingerprint density at radius 1 is 1.37 bits per heavy atom. The first-order valence-electron chi connectivity index (χ1n) is 7.06. The van der Waals surface area contributed by atoms with Gasteiger partial charge in [-0.3, -0.25) is 9.59 Å². The molecule has 1 spiro atoms. The van der Waals surface area contributed by atoms with Crippen LogP contribution in [0.1, 0.15) is 46.5 Å². The van der Waals surface area contributed by atoms with Crippen molar-refractivity contribution in [2.24, 2.45) is 5.41 Å². The van der Waals surface area contributed by atoms with Gasteiger partial charge in [-0.05, 0) is 18.3 Å². The van der Waals surface area contributed by atoms with Crippen LogP contribution in [0.5, 0.6) is 0 Å². The van der Waals surface area contributed by atoms with Gasteiger partial charge in [0, 0.05) is 6.54 Å². The highest BCUT2D eigenvalue weighted by molar-refractivity contribution is 6.00. The van der Waals surface area contributed by atoms with Crippen LogP contribution in [0.25, 0.3) is 0 Å². The van der Waals surface area contributed by atoms with E-state index in [1.54, 1.807) is 11.0 Å². The molecule has 0 aromatic carbocycles. The molecule has 1 saturated carbocycles. The summed E-state index contributed by atoms with van der Waals surface area (Å²) in [6.45, 7) is 10.1. The van der Waals surface area contributed by atoms with Gasteiger partial charge in [0.15, 0.2) is 0 Å². The van der Waals surface area contributed by atoms with Crippen molar-refractivity contribution in [1.29, 1.82) is 0 Å². The molecule has 2 rings (SSSR count). The first-order chi connectivity index (χ1) is 8.82. The van der Waals surface area contributed by atoms with Crippen LogP contribution in [-0.2, 0) is 9.59 Å². The van der Waals surface area contributed by atoms with Gasteiger partial charge in [-0.15, -0.1) is 6.58 Å². The van der Waals surface area contributed by atoms with Gasteiger partial charge < -0.3 is 10.2 Å². The van der Waals surface area contributed by atoms with E-state index in [2.05, 4.69) is 11.9 Å². The normalized spacial score (nSPS) is 26.7. The maximum atomic E-state index is 12.8. The predicted molar refractivity (Wildman–Crippen MR) is 74.5 cm³/mol. The molecule has 1 heterocycles. The number of nitrogens with zero attached hydrogens (tertiary/aromatic N) is 1. The number of hydrogen-bond acceptors (Lipinski definition) is 2. The molecule has 1 N–H and O–H groups in total. The van der Waals surface area contributed by atoms with Gasteiger partial charge in [0.05, 0.1) is 0 Å². The van der Waals surface area contributed by atoms with E-state index in [9.17, 15) is 9.59 Å². The molecule has 0 aromatic heterocycles. The third-order valence-corrected chi connectivity index (χ3v) is 4.20. The van der Waals surface area contributed by atoms with Gasteiger partial charge in [-0.1, -0.05) is 39.7 Å². The number of rotatable bonds is 2. The van der Waals surface area contributed by atoms with Crippen LogP contribution in [0.4, 0.5) is 0 Å². The van der Waals surface area contributed by atoms with Gasteiger partial charge >= 0.3 is 0 Å². The Kier molecular flexibility index (Phi) is 3.45. The minimum absolute atomic E-state index is 0.0177. The van der Waals surface area contributed by atoms with Gasteiger partial charge in [-0.2, -0.15) is 0 Å². The smallest absolute Gasteiger partial charge is 0.249 e. The zero-order valence-corrected chi connectivity index (χ0v) is 12.2. The lowest BCUT2D eigenvalue weighted by atomic mass is 9.80. The maximum Gasteiger partial charge on any atom is 0.249 e. The van der Waals surface area contributed by atoms with Crippen LogP contribution in [0.3, 0.4) is 0 Å². The molecule has 1 aliphatic heterocycles. The van der Waals surface area contributed by atoms with Crippen LogP contribution in [0.15, 0.2) is 12.7 Å². The fourth-order valence-corrected chi connectivity index (χ4v) is 3.40. The summed E-state index contributed by atoms with van der Waals surface area (Å²) in [6.07, 6.45) is 5.25. The van der Waals surface area contributed by atoms with Crippen molar-refractivity contribution in [3.05, 3.63) is 12.7 Å². The van der Waals surface area contributed by atoms with E-state index >= 15 is 0 Å². The molecule has 106 valence electrons. The standard InChI is InChI=1S/C15H24N2O2/c1-5-10-17-11(14(2,3)4)12(18)16-15(13(17)19)8-6-7-9-15/h5,11H,1,6-10H2,2-4H3,(H,16,18). The van der Waals surface area contributed by atoms with Crippen molar-refractivity contribution in [1.82, 2.24) is 10.2 Å². The molecule has 2 aliphatic rings. The van der Waals surface area contributed by atoms with Crippen molar-refractivity contribution < 1.29 is 9.59 Å². The van der Waals surface area contributed by atoms with E-state index in [1.807, 2.05) is 20.8 Å². The SMILES string of the molecule is C=CCN1C(=O)C2(CCCC2)NC(=O)C1C(C)(C)C. The fourth-order valence-electron chi connectivity index (χ4n) is 3.40. The monoisotopic (exact) mass is 264 g/mol. The predicted octanol–water partition coefficient (Wildman–Crippen LogP) is 1.86. The Morgan fingerprint density at radius 3 is 2.42 bits per heavy atom. The number of carbonyl (C=O) groups is 2. The van der Waals surface area contributed by atoms with Crippen LogP contribution in [-0.4, -0.2) is 34.8 Å². The average Bonchev–Trinajstić information content (AvgIpc) is 2.73. The Morgan fingerprint density at radius 2 is 1.95 bits per heavy atom. The Hall–Kier alpha value is -1.32. The van der Waals surface area contributed by atoms with Crippen molar-refractivity contribution >= 4 is 11.8 Å². The van der Waals surface area contributed by atoms with E-state index in [0.29, 0.717) is 6.54 Å². The summed E-state index contributed by atoms with van der Waals surface area (Å²) in [5.41, 5.74) is -0.912. The second kappa shape index (κ2) is 4.66. The third-order valence-electron chi connectivity index (χ3n) is 4.20. The molecule has 2 fully saturated rings. The van der Waals surface area contributed by atoms with Gasteiger partial charge in [0.1, 0.15) is 11.6 Å². The Bertz CT molecular complexity index is 403. The lowest BCUT2D eigenvalue weighted by molar-refractivity contribution is -0.158. The molecule has 0 aromatic rings. The topological polar surface area (TPSA) is 49.4 Å². The maximum absolute atomic E-state index is 12.8. The zero-order chi connectivity index (χ0) is 14.3. The molecule has 0 bridgehead atoms. The fraction of sp³-hybridized carbons (Fsp3) is 0.733. The first kappa shape index (κ1) is 14.1. The third kappa shape index (κ3) is 2.28. The molecule has 0 radical (unpaired) electrons. The summed E-state index contributed by atoms with van der Waals surface area (Å²) in [4.78, 5) is 27.0. The number of hydrogen-bond donors (Lipinski definition) is 1. The van der Waals surface area contributed by atoms with Crippen molar-refractivity contribution in [2.75, 3.05) is 6.54 Å². The second-order valence-electron chi connectivity index (χ2n) is 6.79. The summed E-state index contributed by atoms with van der Waals surface area (Å²) >= 11 is 0. The summed E-state index contributed by atoms with van der Waals surface area (Å²) < 4.78 is 0. The minimum Gasteiger partial charge on any atom is -0.340 e. The molecule has 4 nitrogen and oxygen atoms in total. The summed E-state index contributed by atoms with van der Waals surface area (Å²) in [7, 11) is 0. The zero-order valence-electron chi connectivity index (χ0n) is 12.2. The Balaban J connectivity index is 2.37. The quantitative estimate of drug-likeness (QED) is 0.774. The summed E-state index contributed by atoms with van der Waals surface area (Å²) in [6, 6.07) is -0.413. The van der Waals surface area contributed by atoms with Gasteiger partial charge in [0.25, 0.3) is 0 Å². The first-order valence-corrected chi connectivity index (χ1v) is 7.06. The molecule has 1 saturated heterocycles. The van der Waals surface area contributed by atoms with Crippen molar-refractivity contribution in [3.63, 3.8) is 0 Å². The molecule has 1 aliphatic carbocycles. The number of piperazine rings is 1. The van der Waals surface area contributed by atoms with Crippen LogP contribution >= 0.6 is 0 Å². The lowest BCUT2D eigenvalue weighted by Gasteiger charge is -2.48. The highest BCUT2D eigenvalue weighted by Gasteiger charge is 2.54. The molecule has 4 heteroatoms. The minimum atomic E-state index is -0.637. The molecule has 2 amide bonds. The van der Waals surface area contributed by atoms with E-state index in [4.69, 9.17) is 0 Å². The summed E-state index contributed by atoms with van der Waals surface area (Å²) in [5, 5.41) is 3.02. The van der Waals surface area contributed by atoms with E-state index in [1.165, 1.54) is 0 Å². The molecular weight excluding hydrogens is 240 g/mol. The average molecular weight is 264 g/mol. The van der Waals surface area contributed by atoms with Gasteiger partial charge in [0.2, 0.25) is 11.8 Å². The Labute approximate surface area is 115 Å². The molecule has 19 heavy (non-hydrogen) atoms. The molecule has 1 atom stereocenters. The van der Waals surface area contributed by atoms with E-state index < -0.39 is 11.6 Å². The van der Waals surface area contributed by atoms with E-state index in [-0.39, 0.29) is 17.2 Å². The molecular formula is C15H24N2O2. The number of nitrogens with one attached hydrogen (secondary N) is 1.